The van der Waals surface area contributed by atoms with Crippen LogP contribution in [0.15, 0.2) is 30.4 Å². The molecule has 96 valence electrons. The summed E-state index contributed by atoms with van der Waals surface area (Å²) in [5, 5.41) is 13.5. The fourth-order valence-corrected chi connectivity index (χ4v) is 1.83. The number of nitrogens with one attached hydrogen (secondary N) is 1. The SMILES string of the molecule is O=[N+]([O-])C=C1NCCCN1Cc1ccc(F)nc1. The lowest BCUT2D eigenvalue weighted by molar-refractivity contribution is -0.405. The molecule has 0 amide bonds. The molecule has 7 heteroatoms. The minimum Gasteiger partial charge on any atom is -0.367 e. The molecule has 1 aliphatic rings. The third-order valence-electron chi connectivity index (χ3n) is 2.64. The lowest BCUT2D eigenvalue weighted by atomic mass is 10.2. The molecule has 1 aromatic rings. The molecule has 0 saturated carbocycles. The number of nitrogens with zero attached hydrogens (tertiary/aromatic N) is 3. The van der Waals surface area contributed by atoms with Gasteiger partial charge in [-0.25, -0.2) is 4.98 Å². The van der Waals surface area contributed by atoms with Gasteiger partial charge < -0.3 is 10.2 Å². The monoisotopic (exact) mass is 252 g/mol. The molecule has 18 heavy (non-hydrogen) atoms. The lowest BCUT2D eigenvalue weighted by Gasteiger charge is -2.30. The van der Waals surface area contributed by atoms with E-state index >= 15 is 0 Å². The van der Waals surface area contributed by atoms with E-state index in [2.05, 4.69) is 10.3 Å². The third-order valence-corrected chi connectivity index (χ3v) is 2.64. The van der Waals surface area contributed by atoms with Crippen molar-refractivity contribution in [3.8, 4) is 0 Å². The summed E-state index contributed by atoms with van der Waals surface area (Å²) in [4.78, 5) is 15.4. The average molecular weight is 252 g/mol. The Morgan fingerprint density at radius 1 is 1.61 bits per heavy atom. The smallest absolute Gasteiger partial charge is 0.274 e. The van der Waals surface area contributed by atoms with Crippen LogP contribution >= 0.6 is 0 Å². The molecular formula is C11H13FN4O2. The van der Waals surface area contributed by atoms with Crippen molar-refractivity contribution in [1.82, 2.24) is 15.2 Å². The van der Waals surface area contributed by atoms with Gasteiger partial charge in [-0.1, -0.05) is 6.07 Å². The van der Waals surface area contributed by atoms with Gasteiger partial charge in [0.05, 0.1) is 4.92 Å². The van der Waals surface area contributed by atoms with E-state index in [1.54, 1.807) is 6.07 Å². The van der Waals surface area contributed by atoms with Crippen LogP contribution in [0.5, 0.6) is 0 Å². The molecule has 1 N–H and O–H groups in total. The molecule has 1 fully saturated rings. The van der Waals surface area contributed by atoms with E-state index < -0.39 is 10.9 Å². The molecule has 1 aromatic heterocycles. The van der Waals surface area contributed by atoms with E-state index in [0.29, 0.717) is 12.4 Å². The maximum Gasteiger partial charge on any atom is 0.274 e. The molecule has 1 aliphatic heterocycles. The second-order valence-electron chi connectivity index (χ2n) is 3.99. The number of aromatic nitrogens is 1. The highest BCUT2D eigenvalue weighted by Crippen LogP contribution is 2.13. The van der Waals surface area contributed by atoms with Crippen molar-refractivity contribution in [3.05, 3.63) is 52.0 Å². The van der Waals surface area contributed by atoms with Crippen molar-refractivity contribution in [2.75, 3.05) is 13.1 Å². The molecule has 1 saturated heterocycles. The van der Waals surface area contributed by atoms with Gasteiger partial charge in [0.2, 0.25) is 5.95 Å². The molecule has 0 aliphatic carbocycles. The van der Waals surface area contributed by atoms with Crippen molar-refractivity contribution < 1.29 is 9.31 Å². The zero-order valence-electron chi connectivity index (χ0n) is 9.67. The van der Waals surface area contributed by atoms with Gasteiger partial charge in [0, 0.05) is 25.8 Å². The topological polar surface area (TPSA) is 71.3 Å². The minimum atomic E-state index is -0.531. The highest BCUT2D eigenvalue weighted by molar-refractivity contribution is 5.11. The number of hydrogen-bond donors (Lipinski definition) is 1. The zero-order chi connectivity index (χ0) is 13.0. The van der Waals surface area contributed by atoms with E-state index in [4.69, 9.17) is 0 Å². The van der Waals surface area contributed by atoms with Gasteiger partial charge in [-0.15, -0.1) is 0 Å². The van der Waals surface area contributed by atoms with Crippen molar-refractivity contribution in [3.63, 3.8) is 0 Å². The van der Waals surface area contributed by atoms with Crippen LogP contribution in [-0.4, -0.2) is 27.9 Å². The molecule has 0 radical (unpaired) electrons. The summed E-state index contributed by atoms with van der Waals surface area (Å²) in [6.07, 6.45) is 3.30. The highest BCUT2D eigenvalue weighted by Gasteiger charge is 2.17. The van der Waals surface area contributed by atoms with Gasteiger partial charge >= 0.3 is 0 Å². The van der Waals surface area contributed by atoms with Crippen LogP contribution in [0.3, 0.4) is 0 Å². The summed E-state index contributed by atoms with van der Waals surface area (Å²) in [6, 6.07) is 2.91. The quantitative estimate of drug-likeness (QED) is 0.495. The minimum absolute atomic E-state index is 0.472. The third kappa shape index (κ3) is 3.16. The van der Waals surface area contributed by atoms with Crippen LogP contribution in [0, 0.1) is 16.1 Å². The molecule has 2 rings (SSSR count). The first-order chi connectivity index (χ1) is 8.65. The molecule has 0 bridgehead atoms. The molecule has 2 heterocycles. The fourth-order valence-electron chi connectivity index (χ4n) is 1.83. The molecule has 0 aromatic carbocycles. The van der Waals surface area contributed by atoms with Gasteiger partial charge in [0.15, 0.2) is 5.82 Å². The standard InChI is InChI=1S/C11H13FN4O2/c12-10-3-2-9(6-14-10)7-15-5-1-4-13-11(15)8-16(17)18/h2-3,6,8,13H,1,4-5,7H2. The van der Waals surface area contributed by atoms with Crippen molar-refractivity contribution >= 4 is 0 Å². The van der Waals surface area contributed by atoms with E-state index in [1.165, 1.54) is 12.3 Å². The van der Waals surface area contributed by atoms with E-state index in [9.17, 15) is 14.5 Å². The van der Waals surface area contributed by atoms with Crippen molar-refractivity contribution in [2.24, 2.45) is 0 Å². The predicted octanol–water partition coefficient (Wildman–Crippen LogP) is 1.09. The number of halogens is 1. The average Bonchev–Trinajstić information content (AvgIpc) is 2.34. The van der Waals surface area contributed by atoms with Crippen LogP contribution in [-0.2, 0) is 6.54 Å². The lowest BCUT2D eigenvalue weighted by Crippen LogP contribution is -2.39. The second kappa shape index (κ2) is 5.44. The summed E-state index contributed by atoms with van der Waals surface area (Å²) >= 11 is 0. The summed E-state index contributed by atoms with van der Waals surface area (Å²) < 4.78 is 12.7. The number of rotatable bonds is 3. The number of pyridine rings is 1. The summed E-state index contributed by atoms with van der Waals surface area (Å²) in [7, 11) is 0. The Hall–Kier alpha value is -2.18. The fraction of sp³-hybridized carbons (Fsp3) is 0.364. The van der Waals surface area contributed by atoms with Crippen LogP contribution in [0.4, 0.5) is 4.39 Å². The second-order valence-corrected chi connectivity index (χ2v) is 3.99. The molecule has 0 atom stereocenters. The normalized spacial score (nSPS) is 17.6. The predicted molar refractivity (Wildman–Crippen MR) is 62.3 cm³/mol. The maximum absolute atomic E-state index is 12.7. The first-order valence-corrected chi connectivity index (χ1v) is 5.60. The molecule has 0 unspecified atom stereocenters. The van der Waals surface area contributed by atoms with E-state index in [1.807, 2.05) is 4.90 Å². The first kappa shape index (κ1) is 12.3. The Morgan fingerprint density at radius 3 is 3.11 bits per heavy atom. The molecular weight excluding hydrogens is 239 g/mol. The largest absolute Gasteiger partial charge is 0.367 e. The van der Waals surface area contributed by atoms with Crippen LogP contribution in [0.1, 0.15) is 12.0 Å². The van der Waals surface area contributed by atoms with Gasteiger partial charge in [0.1, 0.15) is 0 Å². The van der Waals surface area contributed by atoms with Crippen molar-refractivity contribution in [2.45, 2.75) is 13.0 Å². The Morgan fingerprint density at radius 2 is 2.44 bits per heavy atom. The van der Waals surface area contributed by atoms with Crippen LogP contribution in [0.25, 0.3) is 0 Å². The Labute approximate surface area is 103 Å². The summed E-state index contributed by atoms with van der Waals surface area (Å²) in [5.74, 6) is -0.0489. The Kier molecular flexibility index (Phi) is 3.71. The molecule has 6 nitrogen and oxygen atoms in total. The number of nitro groups is 1. The van der Waals surface area contributed by atoms with Gasteiger partial charge in [-0.2, -0.15) is 4.39 Å². The maximum atomic E-state index is 12.7. The van der Waals surface area contributed by atoms with Gasteiger partial charge in [-0.3, -0.25) is 10.1 Å². The highest BCUT2D eigenvalue weighted by atomic mass is 19.1. The summed E-state index contributed by atoms with van der Waals surface area (Å²) in [6.45, 7) is 1.92. The zero-order valence-corrected chi connectivity index (χ0v) is 9.67. The first-order valence-electron chi connectivity index (χ1n) is 5.60. The van der Waals surface area contributed by atoms with E-state index in [-0.39, 0.29) is 0 Å². The Bertz CT molecular complexity index is 461. The Balaban J connectivity index is 2.10. The van der Waals surface area contributed by atoms with Crippen LogP contribution in [0.2, 0.25) is 0 Å². The van der Waals surface area contributed by atoms with E-state index in [0.717, 1.165) is 31.3 Å². The van der Waals surface area contributed by atoms with Gasteiger partial charge in [0.25, 0.3) is 6.20 Å². The van der Waals surface area contributed by atoms with Crippen LogP contribution < -0.4 is 5.32 Å². The number of hydrogen-bond acceptors (Lipinski definition) is 5. The van der Waals surface area contributed by atoms with Crippen molar-refractivity contribution in [1.29, 1.82) is 0 Å². The summed E-state index contributed by atoms with van der Waals surface area (Å²) in [5.41, 5.74) is 0.814. The van der Waals surface area contributed by atoms with Gasteiger partial charge in [-0.05, 0) is 18.1 Å². The molecule has 0 spiro atoms.